The molecule has 0 radical (unpaired) electrons. The third kappa shape index (κ3) is 3.38. The van der Waals surface area contributed by atoms with Crippen LogP contribution in [0.3, 0.4) is 0 Å². The molecule has 1 heterocycles. The van der Waals surface area contributed by atoms with Crippen molar-refractivity contribution in [3.63, 3.8) is 0 Å². The van der Waals surface area contributed by atoms with Gasteiger partial charge in [-0.15, -0.1) is 0 Å². The molecule has 0 aliphatic rings. The van der Waals surface area contributed by atoms with E-state index in [4.69, 9.17) is 4.74 Å². The molecule has 0 unspecified atom stereocenters. The van der Waals surface area contributed by atoms with Crippen LogP contribution >= 0.6 is 11.3 Å². The predicted octanol–water partition coefficient (Wildman–Crippen LogP) is 3.62. The number of aromatic nitrogens is 1. The number of nitrogens with one attached hydrogen (secondary N) is 1. The van der Waals surface area contributed by atoms with Crippen LogP contribution in [-0.2, 0) is 4.79 Å². The van der Waals surface area contributed by atoms with Crippen LogP contribution in [0.25, 0.3) is 10.2 Å². The first-order chi connectivity index (χ1) is 10.2. The lowest BCUT2D eigenvalue weighted by atomic mass is 10.2. The van der Waals surface area contributed by atoms with Crippen LogP contribution < -0.4 is 10.1 Å². The van der Waals surface area contributed by atoms with Crippen LogP contribution in [0, 0.1) is 6.92 Å². The minimum Gasteiger partial charge on any atom is -0.484 e. The van der Waals surface area contributed by atoms with E-state index in [1.165, 1.54) is 11.3 Å². The minimum absolute atomic E-state index is 0.0288. The molecule has 5 heteroatoms. The number of aryl methyl sites for hydroxylation is 1. The van der Waals surface area contributed by atoms with E-state index in [1.54, 1.807) is 0 Å². The molecule has 0 bridgehead atoms. The summed E-state index contributed by atoms with van der Waals surface area (Å²) in [4.78, 5) is 16.2. The molecule has 3 rings (SSSR count). The molecule has 2 aromatic carbocycles. The molecule has 106 valence electrons. The Labute approximate surface area is 126 Å². The Morgan fingerprint density at radius 3 is 2.71 bits per heavy atom. The Bertz CT molecular complexity index is 732. The molecular formula is C16H14N2O2S. The molecule has 0 atom stereocenters. The highest BCUT2D eigenvalue weighted by molar-refractivity contribution is 7.22. The van der Waals surface area contributed by atoms with Crippen molar-refractivity contribution in [1.29, 1.82) is 0 Å². The number of amides is 1. The molecule has 0 aliphatic heterocycles. The lowest BCUT2D eigenvalue weighted by Crippen LogP contribution is -2.19. The van der Waals surface area contributed by atoms with Gasteiger partial charge in [0.05, 0.1) is 10.2 Å². The number of ether oxygens (including phenoxy) is 1. The van der Waals surface area contributed by atoms with Gasteiger partial charge in [0.2, 0.25) is 0 Å². The third-order valence-corrected chi connectivity index (χ3v) is 3.88. The summed E-state index contributed by atoms with van der Waals surface area (Å²) in [6.45, 7) is 1.97. The number of fused-ring (bicyclic) bond motifs is 1. The Hall–Kier alpha value is -2.40. The van der Waals surface area contributed by atoms with Crippen LogP contribution in [0.1, 0.15) is 5.56 Å². The molecule has 0 aliphatic carbocycles. The van der Waals surface area contributed by atoms with Crippen molar-refractivity contribution in [3.05, 3.63) is 54.1 Å². The van der Waals surface area contributed by atoms with Crippen LogP contribution in [0.2, 0.25) is 0 Å². The van der Waals surface area contributed by atoms with E-state index in [0.717, 1.165) is 15.8 Å². The van der Waals surface area contributed by atoms with Crippen molar-refractivity contribution in [2.75, 3.05) is 11.9 Å². The van der Waals surface area contributed by atoms with Crippen molar-refractivity contribution in [3.8, 4) is 5.75 Å². The zero-order chi connectivity index (χ0) is 14.7. The Morgan fingerprint density at radius 1 is 1.19 bits per heavy atom. The number of benzene rings is 2. The van der Waals surface area contributed by atoms with Crippen molar-refractivity contribution >= 4 is 32.6 Å². The second-order valence-corrected chi connectivity index (χ2v) is 5.67. The first kappa shape index (κ1) is 13.6. The fourth-order valence-electron chi connectivity index (χ4n) is 1.86. The fraction of sp³-hybridized carbons (Fsp3) is 0.125. The number of nitrogens with zero attached hydrogens (tertiary/aromatic N) is 1. The highest BCUT2D eigenvalue weighted by Gasteiger charge is 2.08. The molecule has 3 aromatic rings. The van der Waals surface area contributed by atoms with E-state index in [1.807, 2.05) is 55.5 Å². The topological polar surface area (TPSA) is 51.2 Å². The summed E-state index contributed by atoms with van der Waals surface area (Å²) in [7, 11) is 0. The highest BCUT2D eigenvalue weighted by atomic mass is 32.1. The molecule has 4 nitrogen and oxygen atoms in total. The van der Waals surface area contributed by atoms with E-state index in [2.05, 4.69) is 10.3 Å². The number of thiazole rings is 1. The quantitative estimate of drug-likeness (QED) is 0.800. The number of para-hydroxylation sites is 1. The molecule has 0 spiro atoms. The van der Waals surface area contributed by atoms with Gasteiger partial charge >= 0.3 is 0 Å². The van der Waals surface area contributed by atoms with Gasteiger partial charge in [-0.25, -0.2) is 4.98 Å². The molecule has 0 saturated carbocycles. The van der Waals surface area contributed by atoms with Gasteiger partial charge in [0.1, 0.15) is 5.75 Å². The molecule has 1 N–H and O–H groups in total. The molecular weight excluding hydrogens is 284 g/mol. The molecule has 0 fully saturated rings. The van der Waals surface area contributed by atoms with Gasteiger partial charge in [-0.2, -0.15) is 0 Å². The summed E-state index contributed by atoms with van der Waals surface area (Å²) in [6.07, 6.45) is 0. The van der Waals surface area contributed by atoms with Gasteiger partial charge in [0, 0.05) is 0 Å². The summed E-state index contributed by atoms with van der Waals surface area (Å²) in [6, 6.07) is 15.4. The number of rotatable bonds is 4. The molecule has 1 amide bonds. The molecule has 21 heavy (non-hydrogen) atoms. The average Bonchev–Trinajstić information content (AvgIpc) is 2.88. The van der Waals surface area contributed by atoms with Gasteiger partial charge in [-0.05, 0) is 31.2 Å². The number of carbonyl (C=O) groups is 1. The number of hydrogen-bond acceptors (Lipinski definition) is 4. The summed E-state index contributed by atoms with van der Waals surface area (Å²) < 4.78 is 6.48. The largest absolute Gasteiger partial charge is 0.484 e. The van der Waals surface area contributed by atoms with E-state index in [-0.39, 0.29) is 12.5 Å². The molecule has 0 saturated heterocycles. The lowest BCUT2D eigenvalue weighted by Gasteiger charge is -2.05. The van der Waals surface area contributed by atoms with Crippen LogP contribution in [-0.4, -0.2) is 17.5 Å². The smallest absolute Gasteiger partial charge is 0.264 e. The summed E-state index contributed by atoms with van der Waals surface area (Å²) in [5.74, 6) is 0.467. The number of hydrogen-bond donors (Lipinski definition) is 1. The SMILES string of the molecule is Cc1ccc(OCC(=O)Nc2nc3ccccc3s2)cc1. The second-order valence-electron chi connectivity index (χ2n) is 4.64. The third-order valence-electron chi connectivity index (χ3n) is 2.93. The van der Waals surface area contributed by atoms with E-state index < -0.39 is 0 Å². The second kappa shape index (κ2) is 5.93. The summed E-state index contributed by atoms with van der Waals surface area (Å²) in [5, 5.41) is 3.35. The van der Waals surface area contributed by atoms with Crippen LogP contribution in [0.4, 0.5) is 5.13 Å². The van der Waals surface area contributed by atoms with Gasteiger partial charge in [-0.3, -0.25) is 10.1 Å². The maximum absolute atomic E-state index is 11.9. The van der Waals surface area contributed by atoms with E-state index in [9.17, 15) is 4.79 Å². The van der Waals surface area contributed by atoms with E-state index in [0.29, 0.717) is 10.9 Å². The summed E-state index contributed by atoms with van der Waals surface area (Å²) >= 11 is 1.45. The lowest BCUT2D eigenvalue weighted by molar-refractivity contribution is -0.118. The highest BCUT2D eigenvalue weighted by Crippen LogP contribution is 2.25. The molecule has 1 aromatic heterocycles. The summed E-state index contributed by atoms with van der Waals surface area (Å²) in [5.41, 5.74) is 2.04. The maximum atomic E-state index is 11.9. The average molecular weight is 298 g/mol. The van der Waals surface area contributed by atoms with Gasteiger partial charge in [0.15, 0.2) is 11.7 Å². The number of anilines is 1. The van der Waals surface area contributed by atoms with E-state index >= 15 is 0 Å². The predicted molar refractivity (Wildman–Crippen MR) is 84.9 cm³/mol. The Morgan fingerprint density at radius 2 is 1.95 bits per heavy atom. The standard InChI is InChI=1S/C16H14N2O2S/c1-11-6-8-12(9-7-11)20-10-15(19)18-16-17-13-4-2-3-5-14(13)21-16/h2-9H,10H2,1H3,(H,17,18,19). The fourth-order valence-corrected chi connectivity index (χ4v) is 2.75. The van der Waals surface area contributed by atoms with Crippen molar-refractivity contribution in [2.45, 2.75) is 6.92 Å². The number of carbonyl (C=O) groups excluding carboxylic acids is 1. The van der Waals surface area contributed by atoms with Crippen molar-refractivity contribution < 1.29 is 9.53 Å². The van der Waals surface area contributed by atoms with Crippen LogP contribution in [0.5, 0.6) is 5.75 Å². The first-order valence-corrected chi connectivity index (χ1v) is 7.37. The monoisotopic (exact) mass is 298 g/mol. The Balaban J connectivity index is 1.59. The zero-order valence-corrected chi connectivity index (χ0v) is 12.3. The Kier molecular flexibility index (Phi) is 3.83. The van der Waals surface area contributed by atoms with Gasteiger partial charge in [-0.1, -0.05) is 41.2 Å². The zero-order valence-electron chi connectivity index (χ0n) is 11.5. The van der Waals surface area contributed by atoms with Crippen molar-refractivity contribution in [2.24, 2.45) is 0 Å². The maximum Gasteiger partial charge on any atom is 0.264 e. The normalized spacial score (nSPS) is 10.5. The first-order valence-electron chi connectivity index (χ1n) is 6.55. The minimum atomic E-state index is -0.213. The van der Waals surface area contributed by atoms with Gasteiger partial charge in [0.25, 0.3) is 5.91 Å². The van der Waals surface area contributed by atoms with Crippen molar-refractivity contribution in [1.82, 2.24) is 4.98 Å². The van der Waals surface area contributed by atoms with Crippen LogP contribution in [0.15, 0.2) is 48.5 Å². The van der Waals surface area contributed by atoms with Gasteiger partial charge < -0.3 is 4.74 Å².